The molecular formula is C21H21N3O4. The summed E-state index contributed by atoms with van der Waals surface area (Å²) in [5.41, 5.74) is 5.64. The Bertz CT molecular complexity index is 946. The molecule has 1 aromatic heterocycles. The molecule has 4 rings (SSSR count). The first kappa shape index (κ1) is 18.3. The van der Waals surface area contributed by atoms with Crippen molar-refractivity contribution in [1.29, 1.82) is 0 Å². The first-order chi connectivity index (χ1) is 13.7. The predicted octanol–water partition coefficient (Wildman–Crippen LogP) is 3.90. The molecule has 28 heavy (non-hydrogen) atoms. The lowest BCUT2D eigenvalue weighted by Crippen LogP contribution is -2.33. The molecule has 0 spiro atoms. The van der Waals surface area contributed by atoms with Gasteiger partial charge in [-0.15, -0.1) is 10.2 Å². The summed E-state index contributed by atoms with van der Waals surface area (Å²) in [7, 11) is 0. The van der Waals surface area contributed by atoms with Gasteiger partial charge in [-0.2, -0.15) is 0 Å². The van der Waals surface area contributed by atoms with Gasteiger partial charge >= 0.3 is 0 Å². The molecule has 0 radical (unpaired) electrons. The van der Waals surface area contributed by atoms with Gasteiger partial charge in [0.2, 0.25) is 11.8 Å². The Labute approximate surface area is 162 Å². The lowest BCUT2D eigenvalue weighted by atomic mass is 10.1. The number of nitrogens with one attached hydrogen (secondary N) is 1. The van der Waals surface area contributed by atoms with E-state index in [0.29, 0.717) is 24.0 Å². The Morgan fingerprint density at radius 2 is 1.86 bits per heavy atom. The summed E-state index contributed by atoms with van der Waals surface area (Å²) in [6.07, 6.45) is 2.45. The molecule has 1 saturated heterocycles. The number of benzene rings is 2. The van der Waals surface area contributed by atoms with Crippen LogP contribution in [0.4, 0.5) is 0 Å². The van der Waals surface area contributed by atoms with E-state index in [1.165, 1.54) is 0 Å². The standard InChI is InChI=1S/C21H21N3O4/c1-14-5-4-6-17(13-14)21-23-22-20(27-21)16-10-8-15(9-11-16)19(25)24-28-18-7-2-3-12-26-18/h4-6,8-11,13,18H,2-3,7,12H2,1H3,(H,24,25)/t18-/m0/s1. The molecule has 0 unspecified atom stereocenters. The van der Waals surface area contributed by atoms with E-state index in [2.05, 4.69) is 15.7 Å². The third-order valence-electron chi connectivity index (χ3n) is 4.51. The van der Waals surface area contributed by atoms with Crippen LogP contribution in [-0.4, -0.2) is 29.0 Å². The van der Waals surface area contributed by atoms with Gasteiger partial charge in [0.05, 0.1) is 0 Å². The number of aromatic nitrogens is 2. The smallest absolute Gasteiger partial charge is 0.274 e. The van der Waals surface area contributed by atoms with Gasteiger partial charge in [0.15, 0.2) is 6.29 Å². The largest absolute Gasteiger partial charge is 0.416 e. The SMILES string of the molecule is Cc1cccc(-c2nnc(-c3ccc(C(=O)NO[C@H]4CCCCO4)cc3)o2)c1. The summed E-state index contributed by atoms with van der Waals surface area (Å²) in [5, 5.41) is 8.22. The molecule has 3 aromatic rings. The number of carbonyl (C=O) groups is 1. The number of ether oxygens (including phenoxy) is 1. The van der Waals surface area contributed by atoms with Crippen molar-refractivity contribution in [2.45, 2.75) is 32.5 Å². The fourth-order valence-electron chi connectivity index (χ4n) is 2.98. The minimum Gasteiger partial charge on any atom is -0.416 e. The topological polar surface area (TPSA) is 86.5 Å². The second-order valence-corrected chi connectivity index (χ2v) is 6.70. The highest BCUT2D eigenvalue weighted by Gasteiger charge is 2.17. The summed E-state index contributed by atoms with van der Waals surface area (Å²) in [6.45, 7) is 2.67. The zero-order chi connectivity index (χ0) is 19.3. The highest BCUT2D eigenvalue weighted by molar-refractivity contribution is 5.93. The van der Waals surface area contributed by atoms with Crippen molar-refractivity contribution < 1.29 is 18.8 Å². The van der Waals surface area contributed by atoms with Crippen molar-refractivity contribution in [2.24, 2.45) is 0 Å². The van der Waals surface area contributed by atoms with Crippen LogP contribution in [0, 0.1) is 6.92 Å². The van der Waals surface area contributed by atoms with Crippen LogP contribution in [0.15, 0.2) is 52.9 Å². The van der Waals surface area contributed by atoms with Crippen LogP contribution in [-0.2, 0) is 9.57 Å². The third-order valence-corrected chi connectivity index (χ3v) is 4.51. The number of aryl methyl sites for hydroxylation is 1. The number of hydroxylamine groups is 1. The van der Waals surface area contributed by atoms with Crippen LogP contribution in [0.3, 0.4) is 0 Å². The monoisotopic (exact) mass is 379 g/mol. The number of amides is 1. The fourth-order valence-corrected chi connectivity index (χ4v) is 2.98. The Morgan fingerprint density at radius 3 is 2.57 bits per heavy atom. The van der Waals surface area contributed by atoms with Gasteiger partial charge in [-0.1, -0.05) is 17.7 Å². The molecule has 7 nitrogen and oxygen atoms in total. The molecule has 1 aliphatic heterocycles. The third kappa shape index (κ3) is 4.27. The van der Waals surface area contributed by atoms with Crippen molar-refractivity contribution in [3.63, 3.8) is 0 Å². The first-order valence-corrected chi connectivity index (χ1v) is 9.27. The second kappa shape index (κ2) is 8.33. The summed E-state index contributed by atoms with van der Waals surface area (Å²) in [4.78, 5) is 17.5. The van der Waals surface area contributed by atoms with E-state index in [1.54, 1.807) is 24.3 Å². The number of hydrogen-bond acceptors (Lipinski definition) is 6. The van der Waals surface area contributed by atoms with Crippen LogP contribution in [0.1, 0.15) is 35.2 Å². The average molecular weight is 379 g/mol. The van der Waals surface area contributed by atoms with Gasteiger partial charge in [0, 0.05) is 29.7 Å². The van der Waals surface area contributed by atoms with Crippen LogP contribution in [0.25, 0.3) is 22.9 Å². The van der Waals surface area contributed by atoms with E-state index in [1.807, 2.05) is 31.2 Å². The minimum atomic E-state index is -0.379. The minimum absolute atomic E-state index is 0.327. The first-order valence-electron chi connectivity index (χ1n) is 9.27. The molecule has 2 aromatic carbocycles. The van der Waals surface area contributed by atoms with Gasteiger partial charge in [-0.25, -0.2) is 10.3 Å². The number of rotatable bonds is 5. The molecule has 2 heterocycles. The quantitative estimate of drug-likeness (QED) is 0.677. The van der Waals surface area contributed by atoms with E-state index in [4.69, 9.17) is 14.0 Å². The predicted molar refractivity (Wildman–Crippen MR) is 102 cm³/mol. The van der Waals surface area contributed by atoms with Crippen LogP contribution in [0.5, 0.6) is 0 Å². The van der Waals surface area contributed by atoms with E-state index < -0.39 is 0 Å². The molecule has 0 aliphatic carbocycles. The van der Waals surface area contributed by atoms with E-state index in [-0.39, 0.29) is 12.2 Å². The van der Waals surface area contributed by atoms with Gasteiger partial charge in [0.25, 0.3) is 5.91 Å². The Morgan fingerprint density at radius 1 is 1.07 bits per heavy atom. The number of nitrogens with zero attached hydrogens (tertiary/aromatic N) is 2. The van der Waals surface area contributed by atoms with E-state index >= 15 is 0 Å². The zero-order valence-corrected chi connectivity index (χ0v) is 15.6. The molecule has 1 aliphatic rings. The molecule has 7 heteroatoms. The molecule has 0 bridgehead atoms. The number of carbonyl (C=O) groups excluding carboxylic acids is 1. The van der Waals surface area contributed by atoms with Crippen LogP contribution < -0.4 is 5.48 Å². The van der Waals surface area contributed by atoms with Crippen molar-refractivity contribution >= 4 is 5.91 Å². The fraction of sp³-hybridized carbons (Fsp3) is 0.286. The molecule has 1 atom stereocenters. The summed E-state index contributed by atoms with van der Waals surface area (Å²) < 4.78 is 11.2. The summed E-state index contributed by atoms with van der Waals surface area (Å²) in [5.74, 6) is 0.531. The van der Waals surface area contributed by atoms with E-state index in [0.717, 1.165) is 36.0 Å². The molecular weight excluding hydrogens is 358 g/mol. The molecule has 1 fully saturated rings. The van der Waals surface area contributed by atoms with Crippen molar-refractivity contribution in [2.75, 3.05) is 6.61 Å². The van der Waals surface area contributed by atoms with Crippen molar-refractivity contribution in [3.8, 4) is 22.9 Å². The Kier molecular flexibility index (Phi) is 5.45. The van der Waals surface area contributed by atoms with Gasteiger partial charge in [0.1, 0.15) is 0 Å². The maximum Gasteiger partial charge on any atom is 0.274 e. The van der Waals surface area contributed by atoms with E-state index in [9.17, 15) is 4.79 Å². The van der Waals surface area contributed by atoms with Crippen molar-refractivity contribution in [1.82, 2.24) is 15.7 Å². The van der Waals surface area contributed by atoms with Gasteiger partial charge < -0.3 is 9.15 Å². The molecule has 1 amide bonds. The maximum absolute atomic E-state index is 12.2. The maximum atomic E-state index is 12.2. The second-order valence-electron chi connectivity index (χ2n) is 6.70. The molecule has 144 valence electrons. The molecule has 0 saturated carbocycles. The molecule has 1 N–H and O–H groups in total. The normalized spacial score (nSPS) is 16.7. The zero-order valence-electron chi connectivity index (χ0n) is 15.6. The Hall–Kier alpha value is -3.03. The average Bonchev–Trinajstić information content (AvgIpc) is 3.23. The summed E-state index contributed by atoms with van der Waals surface area (Å²) in [6, 6.07) is 14.8. The van der Waals surface area contributed by atoms with Crippen molar-refractivity contribution in [3.05, 3.63) is 59.7 Å². The highest BCUT2D eigenvalue weighted by atomic mass is 16.8. The van der Waals surface area contributed by atoms with Crippen LogP contribution >= 0.6 is 0 Å². The lowest BCUT2D eigenvalue weighted by molar-refractivity contribution is -0.186. The van der Waals surface area contributed by atoms with Crippen LogP contribution in [0.2, 0.25) is 0 Å². The highest BCUT2D eigenvalue weighted by Crippen LogP contribution is 2.24. The number of hydrogen-bond donors (Lipinski definition) is 1. The Balaban J connectivity index is 1.41. The van der Waals surface area contributed by atoms with Gasteiger partial charge in [-0.05, 0) is 56.2 Å². The lowest BCUT2D eigenvalue weighted by Gasteiger charge is -2.22. The van der Waals surface area contributed by atoms with Gasteiger partial charge in [-0.3, -0.25) is 4.79 Å². The summed E-state index contributed by atoms with van der Waals surface area (Å²) >= 11 is 0.